The minimum Gasteiger partial charge on any atom is -0.494 e. The van der Waals surface area contributed by atoms with Gasteiger partial charge in [-0.3, -0.25) is 9.59 Å². The van der Waals surface area contributed by atoms with Crippen LogP contribution in [0.3, 0.4) is 0 Å². The summed E-state index contributed by atoms with van der Waals surface area (Å²) >= 11 is 1.50. The molecule has 3 rings (SSSR count). The number of ketones is 2. The average Bonchev–Trinajstić information content (AvgIpc) is 2.72. The van der Waals surface area contributed by atoms with E-state index in [9.17, 15) is 9.59 Å². The summed E-state index contributed by atoms with van der Waals surface area (Å²) in [7, 11) is 0. The highest BCUT2D eigenvalue weighted by atomic mass is 32.2. The highest BCUT2D eigenvalue weighted by molar-refractivity contribution is 8.00. The number of rotatable bonds is 10. The van der Waals surface area contributed by atoms with E-state index >= 15 is 0 Å². The summed E-state index contributed by atoms with van der Waals surface area (Å²) in [6.45, 7) is 5.65. The molecule has 0 N–H and O–H groups in total. The number of carbonyl (C=O) groups is 2. The van der Waals surface area contributed by atoms with E-state index in [1.54, 1.807) is 0 Å². The second-order valence-electron chi connectivity index (χ2n) is 7.49. The molecule has 0 spiro atoms. The van der Waals surface area contributed by atoms with E-state index in [2.05, 4.69) is 13.8 Å². The van der Waals surface area contributed by atoms with Crippen LogP contribution in [0.2, 0.25) is 0 Å². The van der Waals surface area contributed by atoms with Crippen molar-refractivity contribution in [2.75, 3.05) is 13.2 Å². The van der Waals surface area contributed by atoms with E-state index < -0.39 is 0 Å². The van der Waals surface area contributed by atoms with Gasteiger partial charge in [0.25, 0.3) is 0 Å². The first kappa shape index (κ1) is 21.7. The lowest BCUT2D eigenvalue weighted by atomic mass is 9.98. The molecule has 1 atom stereocenters. The fraction of sp³-hybridized carbons (Fsp3) is 0.500. The third kappa shape index (κ3) is 5.75. The monoisotopic (exact) mass is 414 g/mol. The van der Waals surface area contributed by atoms with Gasteiger partial charge in [0, 0.05) is 34.9 Å². The Morgan fingerprint density at radius 3 is 2.45 bits per heavy atom. The largest absolute Gasteiger partial charge is 0.494 e. The molecule has 1 aliphatic carbocycles. The normalized spacial score (nSPS) is 17.0. The molecule has 29 heavy (non-hydrogen) atoms. The van der Waals surface area contributed by atoms with Crippen molar-refractivity contribution in [2.45, 2.75) is 68.9 Å². The zero-order valence-corrected chi connectivity index (χ0v) is 18.2. The summed E-state index contributed by atoms with van der Waals surface area (Å²) in [5, 5.41) is 1.74. The fourth-order valence-electron chi connectivity index (χ4n) is 3.36. The number of hydrogen-bond donors (Lipinski definition) is 0. The Hall–Kier alpha value is -2.01. The predicted molar refractivity (Wildman–Crippen MR) is 118 cm³/mol. The number of hydrogen-bond acceptors (Lipinski definition) is 5. The van der Waals surface area contributed by atoms with Crippen molar-refractivity contribution < 1.29 is 19.1 Å². The Morgan fingerprint density at radius 1 is 0.931 bits per heavy atom. The molecule has 0 aliphatic heterocycles. The highest BCUT2D eigenvalue weighted by Gasteiger charge is 2.28. The zero-order chi connectivity index (χ0) is 20.6. The van der Waals surface area contributed by atoms with Crippen molar-refractivity contribution in [3.63, 3.8) is 0 Å². The Kier molecular flexibility index (Phi) is 7.99. The van der Waals surface area contributed by atoms with Crippen LogP contribution in [-0.4, -0.2) is 30.0 Å². The number of carbonyl (C=O) groups excluding carboxylic acids is 2. The SMILES string of the molecule is CCCCOc1ccc2c(OCCCC)ccc(SC3CC(=O)CCC3=O)c2c1. The molecule has 0 radical (unpaired) electrons. The first-order valence-corrected chi connectivity index (χ1v) is 11.5. The second-order valence-corrected chi connectivity index (χ2v) is 8.73. The van der Waals surface area contributed by atoms with E-state index in [-0.39, 0.29) is 16.8 Å². The molecule has 0 heterocycles. The fourth-order valence-corrected chi connectivity index (χ4v) is 4.63. The van der Waals surface area contributed by atoms with Crippen LogP contribution < -0.4 is 9.47 Å². The lowest BCUT2D eigenvalue weighted by molar-refractivity contribution is -0.128. The number of Topliss-reactive ketones (excluding diaryl/α,β-unsaturated/α-hetero) is 2. The van der Waals surface area contributed by atoms with E-state index in [0.717, 1.165) is 52.9 Å². The molecule has 1 unspecified atom stereocenters. The molecular formula is C24H30O4S. The molecule has 1 fully saturated rings. The second kappa shape index (κ2) is 10.7. The summed E-state index contributed by atoms with van der Waals surface area (Å²) < 4.78 is 11.9. The summed E-state index contributed by atoms with van der Waals surface area (Å²) in [6.07, 6.45) is 5.26. The van der Waals surface area contributed by atoms with Crippen LogP contribution in [0.5, 0.6) is 11.5 Å². The molecule has 4 nitrogen and oxygen atoms in total. The van der Waals surface area contributed by atoms with Crippen molar-refractivity contribution >= 4 is 34.1 Å². The Morgan fingerprint density at radius 2 is 1.69 bits per heavy atom. The van der Waals surface area contributed by atoms with Gasteiger partial charge in [-0.2, -0.15) is 0 Å². The van der Waals surface area contributed by atoms with Crippen molar-refractivity contribution in [1.29, 1.82) is 0 Å². The van der Waals surface area contributed by atoms with Crippen LogP contribution in [0.25, 0.3) is 10.8 Å². The predicted octanol–water partition coefficient (Wildman–Crippen LogP) is 5.98. The van der Waals surface area contributed by atoms with Crippen molar-refractivity contribution in [2.24, 2.45) is 0 Å². The summed E-state index contributed by atoms with van der Waals surface area (Å²) in [4.78, 5) is 25.2. The molecule has 156 valence electrons. The quantitative estimate of drug-likeness (QED) is 0.448. The number of thioether (sulfide) groups is 1. The Labute approximate surface area is 177 Å². The van der Waals surface area contributed by atoms with Gasteiger partial charge in [-0.1, -0.05) is 26.7 Å². The summed E-state index contributed by atoms with van der Waals surface area (Å²) in [5.41, 5.74) is 0. The minimum atomic E-state index is -0.295. The van der Waals surface area contributed by atoms with Crippen LogP contribution in [0.1, 0.15) is 58.8 Å². The first-order valence-electron chi connectivity index (χ1n) is 10.7. The number of ether oxygens (including phenoxy) is 2. The van der Waals surface area contributed by atoms with E-state index in [4.69, 9.17) is 9.47 Å². The maximum Gasteiger partial charge on any atom is 0.147 e. The van der Waals surface area contributed by atoms with Crippen molar-refractivity contribution in [3.05, 3.63) is 30.3 Å². The van der Waals surface area contributed by atoms with Gasteiger partial charge in [-0.15, -0.1) is 11.8 Å². The summed E-state index contributed by atoms with van der Waals surface area (Å²) in [6, 6.07) is 10.0. The average molecular weight is 415 g/mol. The smallest absolute Gasteiger partial charge is 0.147 e. The van der Waals surface area contributed by atoms with Gasteiger partial charge in [-0.05, 0) is 43.2 Å². The molecule has 2 aromatic carbocycles. The number of fused-ring (bicyclic) bond motifs is 1. The molecule has 0 saturated heterocycles. The maximum atomic E-state index is 12.3. The van der Waals surface area contributed by atoms with E-state index in [0.29, 0.717) is 32.5 Å². The van der Waals surface area contributed by atoms with Gasteiger partial charge < -0.3 is 9.47 Å². The minimum absolute atomic E-state index is 0.168. The molecule has 2 aromatic rings. The van der Waals surface area contributed by atoms with Gasteiger partial charge in [-0.25, -0.2) is 0 Å². The molecule has 0 aromatic heterocycles. The van der Waals surface area contributed by atoms with Gasteiger partial charge in [0.2, 0.25) is 0 Å². The molecule has 0 bridgehead atoms. The number of benzene rings is 2. The summed E-state index contributed by atoms with van der Waals surface area (Å²) in [5.74, 6) is 2.02. The van der Waals surface area contributed by atoms with E-state index in [1.165, 1.54) is 11.8 Å². The highest BCUT2D eigenvalue weighted by Crippen LogP contribution is 2.40. The third-order valence-electron chi connectivity index (χ3n) is 5.12. The maximum absolute atomic E-state index is 12.3. The Bertz CT molecular complexity index is 861. The zero-order valence-electron chi connectivity index (χ0n) is 17.4. The molecule has 5 heteroatoms. The van der Waals surface area contributed by atoms with Crippen LogP contribution in [0.4, 0.5) is 0 Å². The molecule has 1 aliphatic rings. The van der Waals surface area contributed by atoms with Crippen LogP contribution in [0.15, 0.2) is 35.2 Å². The van der Waals surface area contributed by atoms with Crippen LogP contribution >= 0.6 is 11.8 Å². The Balaban J connectivity index is 1.91. The molecule has 1 saturated carbocycles. The lowest BCUT2D eigenvalue weighted by Gasteiger charge is -2.21. The van der Waals surface area contributed by atoms with Gasteiger partial charge >= 0.3 is 0 Å². The van der Waals surface area contributed by atoms with Crippen molar-refractivity contribution in [3.8, 4) is 11.5 Å². The van der Waals surface area contributed by atoms with Gasteiger partial charge in [0.15, 0.2) is 0 Å². The topological polar surface area (TPSA) is 52.6 Å². The number of unbranched alkanes of at least 4 members (excludes halogenated alkanes) is 2. The van der Waals surface area contributed by atoms with Crippen LogP contribution in [0, 0.1) is 0 Å². The van der Waals surface area contributed by atoms with Gasteiger partial charge in [0.1, 0.15) is 23.1 Å². The standard InChI is InChI=1S/C24H30O4S/c1-3-5-13-27-18-8-9-19-20(16-18)23(12-11-22(19)28-14-6-4-2)29-24-15-17(25)7-10-21(24)26/h8-9,11-12,16,24H,3-7,10,13-15H2,1-2H3. The molecule has 0 amide bonds. The van der Waals surface area contributed by atoms with Crippen LogP contribution in [-0.2, 0) is 9.59 Å². The van der Waals surface area contributed by atoms with E-state index in [1.807, 2.05) is 30.3 Å². The third-order valence-corrected chi connectivity index (χ3v) is 6.45. The van der Waals surface area contributed by atoms with Gasteiger partial charge in [0.05, 0.1) is 18.5 Å². The molecular weight excluding hydrogens is 384 g/mol. The first-order chi connectivity index (χ1) is 14.1. The lowest BCUT2D eigenvalue weighted by Crippen LogP contribution is -2.27. The van der Waals surface area contributed by atoms with Crippen molar-refractivity contribution in [1.82, 2.24) is 0 Å².